The van der Waals surface area contributed by atoms with Gasteiger partial charge in [0.1, 0.15) is 6.54 Å². The molecule has 0 spiro atoms. The molecule has 1 unspecified atom stereocenters. The van der Waals surface area contributed by atoms with E-state index in [1.54, 1.807) is 0 Å². The molecule has 0 aromatic carbocycles. The molecular weight excluding hydrogens is 216 g/mol. The SMILES string of the molecule is CCC(CO)NC(=O)CN1CSCC1=O. The third-order valence-corrected chi connectivity index (χ3v) is 3.18. The molecule has 0 radical (unpaired) electrons. The van der Waals surface area contributed by atoms with E-state index >= 15 is 0 Å². The Kier molecular flexibility index (Phi) is 4.90. The van der Waals surface area contributed by atoms with Gasteiger partial charge in [-0.2, -0.15) is 0 Å². The smallest absolute Gasteiger partial charge is 0.239 e. The van der Waals surface area contributed by atoms with Crippen molar-refractivity contribution in [2.45, 2.75) is 19.4 Å². The average molecular weight is 232 g/mol. The molecular formula is C9H16N2O3S. The van der Waals surface area contributed by atoms with Crippen molar-refractivity contribution in [3.8, 4) is 0 Å². The first kappa shape index (κ1) is 12.3. The van der Waals surface area contributed by atoms with Crippen LogP contribution in [0.25, 0.3) is 0 Å². The number of amides is 2. The second kappa shape index (κ2) is 5.97. The van der Waals surface area contributed by atoms with E-state index in [1.165, 1.54) is 16.7 Å². The van der Waals surface area contributed by atoms with Gasteiger partial charge in [-0.25, -0.2) is 0 Å². The lowest BCUT2D eigenvalue weighted by atomic mass is 10.2. The summed E-state index contributed by atoms with van der Waals surface area (Å²) < 4.78 is 0. The molecule has 0 bridgehead atoms. The van der Waals surface area contributed by atoms with Crippen molar-refractivity contribution in [1.82, 2.24) is 10.2 Å². The van der Waals surface area contributed by atoms with Crippen LogP contribution in [0.2, 0.25) is 0 Å². The predicted molar refractivity (Wildman–Crippen MR) is 58.3 cm³/mol. The minimum absolute atomic E-state index is 0.00666. The van der Waals surface area contributed by atoms with Crippen molar-refractivity contribution in [2.24, 2.45) is 0 Å². The number of nitrogens with one attached hydrogen (secondary N) is 1. The van der Waals surface area contributed by atoms with Gasteiger partial charge in [-0.05, 0) is 6.42 Å². The third-order valence-electron chi connectivity index (χ3n) is 2.24. The Morgan fingerprint density at radius 1 is 1.73 bits per heavy atom. The van der Waals surface area contributed by atoms with Crippen LogP contribution < -0.4 is 5.32 Å². The van der Waals surface area contributed by atoms with E-state index < -0.39 is 0 Å². The number of carbonyl (C=O) groups is 2. The zero-order valence-electron chi connectivity index (χ0n) is 8.73. The molecule has 0 aliphatic carbocycles. The Morgan fingerprint density at radius 3 is 2.93 bits per heavy atom. The van der Waals surface area contributed by atoms with Crippen LogP contribution in [0.5, 0.6) is 0 Å². The summed E-state index contributed by atoms with van der Waals surface area (Å²) in [7, 11) is 0. The van der Waals surface area contributed by atoms with Gasteiger partial charge in [-0.3, -0.25) is 9.59 Å². The van der Waals surface area contributed by atoms with Crippen LogP contribution in [0.3, 0.4) is 0 Å². The Hall–Kier alpha value is -0.750. The molecule has 15 heavy (non-hydrogen) atoms. The summed E-state index contributed by atoms with van der Waals surface area (Å²) in [5, 5.41) is 11.6. The maximum absolute atomic E-state index is 11.4. The number of nitrogens with zero attached hydrogens (tertiary/aromatic N) is 1. The Labute approximate surface area is 93.2 Å². The van der Waals surface area contributed by atoms with Gasteiger partial charge >= 0.3 is 0 Å². The largest absolute Gasteiger partial charge is 0.394 e. The molecule has 2 amide bonds. The predicted octanol–water partition coefficient (Wildman–Crippen LogP) is -0.594. The maximum atomic E-state index is 11.4. The molecule has 1 saturated heterocycles. The Morgan fingerprint density at radius 2 is 2.47 bits per heavy atom. The standard InChI is InChI=1S/C9H16N2O3S/c1-2-7(4-12)10-8(13)3-11-6-15-5-9(11)14/h7,12H,2-6H2,1H3,(H,10,13). The van der Waals surface area contributed by atoms with Crippen LogP contribution >= 0.6 is 11.8 Å². The minimum Gasteiger partial charge on any atom is -0.394 e. The van der Waals surface area contributed by atoms with Gasteiger partial charge < -0.3 is 15.3 Å². The van der Waals surface area contributed by atoms with Crippen LogP contribution in [-0.4, -0.2) is 52.6 Å². The zero-order chi connectivity index (χ0) is 11.3. The minimum atomic E-state index is -0.206. The van der Waals surface area contributed by atoms with Crippen molar-refractivity contribution >= 4 is 23.6 Å². The molecule has 6 heteroatoms. The fourth-order valence-electron chi connectivity index (χ4n) is 1.26. The molecule has 0 aromatic rings. The number of aliphatic hydroxyl groups is 1. The summed E-state index contributed by atoms with van der Waals surface area (Å²) in [5.41, 5.74) is 0. The second-order valence-corrected chi connectivity index (χ2v) is 4.38. The number of thioether (sulfide) groups is 1. The normalized spacial score (nSPS) is 18.0. The second-order valence-electron chi connectivity index (χ2n) is 3.42. The van der Waals surface area contributed by atoms with Crippen molar-refractivity contribution in [2.75, 3.05) is 24.8 Å². The van der Waals surface area contributed by atoms with E-state index in [1.807, 2.05) is 6.92 Å². The van der Waals surface area contributed by atoms with Gasteiger partial charge in [-0.15, -0.1) is 11.8 Å². The molecule has 1 heterocycles. The molecule has 0 saturated carbocycles. The maximum Gasteiger partial charge on any atom is 0.239 e. The molecule has 2 N–H and O–H groups in total. The van der Waals surface area contributed by atoms with Crippen LogP contribution in [0.15, 0.2) is 0 Å². The van der Waals surface area contributed by atoms with Crippen LogP contribution in [-0.2, 0) is 9.59 Å². The first-order valence-electron chi connectivity index (χ1n) is 4.93. The zero-order valence-corrected chi connectivity index (χ0v) is 9.55. The van der Waals surface area contributed by atoms with Gasteiger partial charge in [0.05, 0.1) is 24.3 Å². The first-order chi connectivity index (χ1) is 7.17. The van der Waals surface area contributed by atoms with E-state index in [2.05, 4.69) is 5.32 Å². The topological polar surface area (TPSA) is 69.6 Å². The molecule has 1 atom stereocenters. The van der Waals surface area contributed by atoms with Gasteiger partial charge in [-0.1, -0.05) is 6.92 Å². The quantitative estimate of drug-likeness (QED) is 0.664. The van der Waals surface area contributed by atoms with Gasteiger partial charge in [0.15, 0.2) is 0 Å². The Bertz CT molecular complexity index is 244. The summed E-state index contributed by atoms with van der Waals surface area (Å²) in [5.74, 6) is 0.853. The fraction of sp³-hybridized carbons (Fsp3) is 0.778. The van der Waals surface area contributed by atoms with E-state index in [-0.39, 0.29) is 31.0 Å². The fourth-order valence-corrected chi connectivity index (χ4v) is 2.17. The van der Waals surface area contributed by atoms with Gasteiger partial charge in [0.2, 0.25) is 11.8 Å². The highest BCUT2D eigenvalue weighted by Gasteiger charge is 2.23. The molecule has 1 rings (SSSR count). The van der Waals surface area contributed by atoms with E-state index in [0.717, 1.165) is 0 Å². The molecule has 0 aromatic heterocycles. The van der Waals surface area contributed by atoms with E-state index in [9.17, 15) is 9.59 Å². The average Bonchev–Trinajstić information content (AvgIpc) is 2.61. The number of aliphatic hydroxyl groups excluding tert-OH is 1. The highest BCUT2D eigenvalue weighted by Crippen LogP contribution is 2.13. The van der Waals surface area contributed by atoms with Crippen LogP contribution in [0, 0.1) is 0 Å². The highest BCUT2D eigenvalue weighted by atomic mass is 32.2. The lowest BCUT2D eigenvalue weighted by molar-refractivity contribution is -0.132. The summed E-state index contributed by atoms with van der Waals surface area (Å²) in [6.07, 6.45) is 0.685. The summed E-state index contributed by atoms with van der Waals surface area (Å²) >= 11 is 1.51. The van der Waals surface area contributed by atoms with Gasteiger partial charge in [0, 0.05) is 0 Å². The number of rotatable bonds is 5. The molecule has 5 nitrogen and oxygen atoms in total. The van der Waals surface area contributed by atoms with Crippen LogP contribution in [0.1, 0.15) is 13.3 Å². The van der Waals surface area contributed by atoms with Crippen molar-refractivity contribution in [1.29, 1.82) is 0 Å². The molecule has 86 valence electrons. The number of hydrogen-bond donors (Lipinski definition) is 2. The Balaban J connectivity index is 2.31. The molecule has 1 aliphatic heterocycles. The molecule has 1 aliphatic rings. The van der Waals surface area contributed by atoms with Crippen molar-refractivity contribution < 1.29 is 14.7 Å². The van der Waals surface area contributed by atoms with Crippen molar-refractivity contribution in [3.05, 3.63) is 0 Å². The molecule has 1 fully saturated rings. The van der Waals surface area contributed by atoms with Crippen LogP contribution in [0.4, 0.5) is 0 Å². The number of carbonyl (C=O) groups excluding carboxylic acids is 2. The monoisotopic (exact) mass is 232 g/mol. The van der Waals surface area contributed by atoms with E-state index in [4.69, 9.17) is 5.11 Å². The third kappa shape index (κ3) is 3.71. The summed E-state index contributed by atoms with van der Waals surface area (Å²) in [6.45, 7) is 1.92. The lowest BCUT2D eigenvalue weighted by Crippen LogP contribution is -2.43. The first-order valence-corrected chi connectivity index (χ1v) is 6.08. The van der Waals surface area contributed by atoms with Crippen molar-refractivity contribution in [3.63, 3.8) is 0 Å². The highest BCUT2D eigenvalue weighted by molar-refractivity contribution is 8.00. The lowest BCUT2D eigenvalue weighted by Gasteiger charge is -2.18. The van der Waals surface area contributed by atoms with Gasteiger partial charge in [0.25, 0.3) is 0 Å². The summed E-state index contributed by atoms with van der Waals surface area (Å²) in [4.78, 5) is 24.2. The number of hydrogen-bond acceptors (Lipinski definition) is 4. The summed E-state index contributed by atoms with van der Waals surface area (Å²) in [6, 6.07) is -0.206. The van der Waals surface area contributed by atoms with E-state index in [0.29, 0.717) is 18.1 Å².